The lowest BCUT2D eigenvalue weighted by atomic mass is 9.76. The number of hydrogen-bond acceptors (Lipinski definition) is 10. The second-order valence-corrected chi connectivity index (χ2v) is 11.3. The van der Waals surface area contributed by atoms with Crippen LogP contribution in [-0.2, 0) is 9.59 Å². The maximum Gasteiger partial charge on any atom is 0.234 e. The Hall–Kier alpha value is -3.85. The molecule has 3 aromatic rings. The number of nitrogens with zero attached hydrogens (tertiary/aromatic N) is 4. The van der Waals surface area contributed by atoms with Crippen LogP contribution < -0.4 is 20.7 Å². The summed E-state index contributed by atoms with van der Waals surface area (Å²) in [5.41, 5.74) is 9.61. The molecule has 12 heteroatoms. The quantitative estimate of drug-likeness (QED) is 0.361. The van der Waals surface area contributed by atoms with Crippen LogP contribution in [0.5, 0.6) is 5.75 Å². The molecule has 1 aliphatic carbocycles. The third-order valence-corrected chi connectivity index (χ3v) is 8.73. The molecule has 1 aromatic heterocycles. The number of nitrogens with two attached hydrogens (primary N) is 1. The van der Waals surface area contributed by atoms with E-state index in [4.69, 9.17) is 22.1 Å². The number of rotatable bonds is 7. The molecule has 2 aliphatic rings. The minimum atomic E-state index is -0.521. The van der Waals surface area contributed by atoms with Gasteiger partial charge in [-0.05, 0) is 36.6 Å². The number of nitrogens with one attached hydrogen (secondary N) is 1. The lowest BCUT2D eigenvalue weighted by molar-refractivity contribution is -0.116. The number of hydrogen-bond donors (Lipinski definition) is 2. The number of halogens is 1. The van der Waals surface area contributed by atoms with Gasteiger partial charge in [-0.25, -0.2) is 0 Å². The second-order valence-electron chi connectivity index (χ2n) is 8.76. The molecule has 198 valence electrons. The summed E-state index contributed by atoms with van der Waals surface area (Å²) in [6, 6.07) is 16.7. The average molecular weight is 579 g/mol. The van der Waals surface area contributed by atoms with Crippen molar-refractivity contribution in [3.8, 4) is 11.8 Å². The standard InChI is InChI=1S/C27H23ClN6O3S2/c1-37-21-11-10-16(12-18(21)28)31-22(36)14-38-27-33-32-26(39-27)34-19-8-5-9-20(35)24(19)23(17(13-29)25(34)30)15-6-3-2-4-7-15/h2-4,6-7,10-12,23H,5,8-9,14,30H2,1H3,(H,31,36). The Morgan fingerprint density at radius 2 is 2.08 bits per heavy atom. The van der Waals surface area contributed by atoms with E-state index in [2.05, 4.69) is 21.6 Å². The Morgan fingerprint density at radius 1 is 1.28 bits per heavy atom. The number of carbonyl (C=O) groups is 2. The van der Waals surface area contributed by atoms with Crippen LogP contribution in [0, 0.1) is 11.3 Å². The fourth-order valence-corrected chi connectivity index (χ4v) is 6.64. The van der Waals surface area contributed by atoms with Gasteiger partial charge in [-0.1, -0.05) is 65.0 Å². The largest absolute Gasteiger partial charge is 0.495 e. The van der Waals surface area contributed by atoms with Gasteiger partial charge in [-0.3, -0.25) is 14.5 Å². The highest BCUT2D eigenvalue weighted by Crippen LogP contribution is 2.47. The molecule has 1 atom stereocenters. The minimum Gasteiger partial charge on any atom is -0.495 e. The van der Waals surface area contributed by atoms with Gasteiger partial charge in [0.25, 0.3) is 0 Å². The second kappa shape index (κ2) is 11.5. The molecular formula is C27H23ClN6O3S2. The van der Waals surface area contributed by atoms with Gasteiger partial charge in [-0.15, -0.1) is 10.2 Å². The first-order valence-corrected chi connectivity index (χ1v) is 14.2. The third-order valence-electron chi connectivity index (χ3n) is 6.40. The normalized spacial score (nSPS) is 17.1. The number of ether oxygens (including phenoxy) is 1. The monoisotopic (exact) mass is 578 g/mol. The molecule has 0 bridgehead atoms. The van der Waals surface area contributed by atoms with Crippen molar-refractivity contribution in [3.63, 3.8) is 0 Å². The third kappa shape index (κ3) is 5.36. The van der Waals surface area contributed by atoms with Crippen molar-refractivity contribution < 1.29 is 14.3 Å². The molecule has 0 radical (unpaired) electrons. The Kier molecular flexibility index (Phi) is 7.88. The zero-order chi connectivity index (χ0) is 27.5. The number of carbonyl (C=O) groups excluding carboxylic acids is 2. The topological polar surface area (TPSA) is 134 Å². The minimum absolute atomic E-state index is 0.00442. The molecule has 2 aromatic carbocycles. The molecule has 5 rings (SSSR count). The predicted molar refractivity (Wildman–Crippen MR) is 152 cm³/mol. The van der Waals surface area contributed by atoms with Crippen molar-refractivity contribution in [2.45, 2.75) is 29.5 Å². The molecule has 1 unspecified atom stereocenters. The van der Waals surface area contributed by atoms with Crippen LogP contribution in [-0.4, -0.2) is 34.8 Å². The van der Waals surface area contributed by atoms with Crippen molar-refractivity contribution in [1.29, 1.82) is 5.26 Å². The number of aromatic nitrogens is 2. The SMILES string of the molecule is COc1ccc(NC(=O)CSc2nnc(N3C(N)=C(C#N)C(c4ccccc4)C4=C3CCCC4=O)s2)cc1Cl. The Balaban J connectivity index is 1.38. The Labute approximate surface area is 238 Å². The molecular weight excluding hydrogens is 556 g/mol. The fourth-order valence-electron chi connectivity index (χ4n) is 4.70. The average Bonchev–Trinajstić information content (AvgIpc) is 3.40. The van der Waals surface area contributed by atoms with Gasteiger partial charge >= 0.3 is 0 Å². The van der Waals surface area contributed by atoms with Crippen LogP contribution in [0.15, 0.2) is 75.5 Å². The maximum absolute atomic E-state index is 13.2. The van der Waals surface area contributed by atoms with E-state index in [1.165, 1.54) is 30.2 Å². The fraction of sp³-hybridized carbons (Fsp3) is 0.222. The molecule has 3 N–H and O–H groups in total. The van der Waals surface area contributed by atoms with Gasteiger partial charge in [0.1, 0.15) is 11.6 Å². The van der Waals surface area contributed by atoms with Crippen LogP contribution in [0.25, 0.3) is 0 Å². The Bertz CT molecular complexity index is 1550. The number of ketones is 1. The predicted octanol–water partition coefficient (Wildman–Crippen LogP) is 5.24. The number of anilines is 2. The molecule has 39 heavy (non-hydrogen) atoms. The summed E-state index contributed by atoms with van der Waals surface area (Å²) in [6.45, 7) is 0. The van der Waals surface area contributed by atoms with Gasteiger partial charge in [-0.2, -0.15) is 5.26 Å². The van der Waals surface area contributed by atoms with Gasteiger partial charge in [0, 0.05) is 23.4 Å². The first-order chi connectivity index (χ1) is 18.9. The first-order valence-electron chi connectivity index (χ1n) is 12.0. The number of allylic oxidation sites excluding steroid dienone is 3. The molecule has 1 aliphatic heterocycles. The molecule has 9 nitrogen and oxygen atoms in total. The molecule has 0 saturated heterocycles. The number of benzene rings is 2. The molecule has 0 fully saturated rings. The number of methoxy groups -OCH3 is 1. The zero-order valence-corrected chi connectivity index (χ0v) is 23.2. The van der Waals surface area contributed by atoms with E-state index >= 15 is 0 Å². The smallest absolute Gasteiger partial charge is 0.234 e. The summed E-state index contributed by atoms with van der Waals surface area (Å²) in [6.07, 6.45) is 1.72. The van der Waals surface area contributed by atoms with E-state index < -0.39 is 5.92 Å². The van der Waals surface area contributed by atoms with Gasteiger partial charge < -0.3 is 15.8 Å². The molecule has 0 spiro atoms. The van der Waals surface area contributed by atoms with E-state index in [0.717, 1.165) is 11.3 Å². The highest BCUT2D eigenvalue weighted by atomic mass is 35.5. The Morgan fingerprint density at radius 3 is 2.79 bits per heavy atom. The molecule has 2 heterocycles. The number of nitriles is 1. The zero-order valence-electron chi connectivity index (χ0n) is 20.8. The number of Topliss-reactive ketones (excluding diaryl/α,β-unsaturated/α-hetero) is 1. The van der Waals surface area contributed by atoms with E-state index in [1.54, 1.807) is 23.1 Å². The summed E-state index contributed by atoms with van der Waals surface area (Å²) < 4.78 is 5.68. The summed E-state index contributed by atoms with van der Waals surface area (Å²) in [7, 11) is 1.52. The molecule has 0 saturated carbocycles. The van der Waals surface area contributed by atoms with E-state index in [1.807, 2.05) is 30.3 Å². The highest BCUT2D eigenvalue weighted by Gasteiger charge is 2.41. The van der Waals surface area contributed by atoms with E-state index in [0.29, 0.717) is 56.3 Å². The summed E-state index contributed by atoms with van der Waals surface area (Å²) in [5.74, 6) is 0.0913. The van der Waals surface area contributed by atoms with E-state index in [-0.39, 0.29) is 23.3 Å². The van der Waals surface area contributed by atoms with Crippen molar-refractivity contribution in [2.24, 2.45) is 5.73 Å². The summed E-state index contributed by atoms with van der Waals surface area (Å²) in [5, 5.41) is 22.3. The summed E-state index contributed by atoms with van der Waals surface area (Å²) >= 11 is 8.60. The van der Waals surface area contributed by atoms with Gasteiger partial charge in [0.2, 0.25) is 11.0 Å². The van der Waals surface area contributed by atoms with Crippen molar-refractivity contribution in [1.82, 2.24) is 10.2 Å². The van der Waals surface area contributed by atoms with Crippen molar-refractivity contribution >= 4 is 57.2 Å². The highest BCUT2D eigenvalue weighted by molar-refractivity contribution is 8.01. The first kappa shape index (κ1) is 26.7. The van der Waals surface area contributed by atoms with Crippen LogP contribution in [0.3, 0.4) is 0 Å². The van der Waals surface area contributed by atoms with E-state index in [9.17, 15) is 14.9 Å². The summed E-state index contributed by atoms with van der Waals surface area (Å²) in [4.78, 5) is 27.4. The van der Waals surface area contributed by atoms with Crippen LogP contribution >= 0.6 is 34.7 Å². The van der Waals surface area contributed by atoms with Crippen LogP contribution in [0.2, 0.25) is 5.02 Å². The maximum atomic E-state index is 13.2. The number of thioether (sulfide) groups is 1. The van der Waals surface area contributed by atoms with Gasteiger partial charge in [0.15, 0.2) is 10.1 Å². The van der Waals surface area contributed by atoms with Crippen molar-refractivity contribution in [2.75, 3.05) is 23.1 Å². The van der Waals surface area contributed by atoms with Gasteiger partial charge in [0.05, 0.1) is 35.4 Å². The molecule has 1 amide bonds. The number of amides is 1. The van der Waals surface area contributed by atoms with Crippen LogP contribution in [0.1, 0.15) is 30.7 Å². The van der Waals surface area contributed by atoms with Crippen molar-refractivity contribution in [3.05, 3.63) is 81.8 Å². The van der Waals surface area contributed by atoms with Crippen LogP contribution in [0.4, 0.5) is 10.8 Å². The lowest BCUT2D eigenvalue weighted by Gasteiger charge is -2.38. The lowest BCUT2D eigenvalue weighted by Crippen LogP contribution is -2.38.